The van der Waals surface area contributed by atoms with Crippen molar-refractivity contribution in [2.45, 2.75) is 63.8 Å². The van der Waals surface area contributed by atoms with Gasteiger partial charge in [0.05, 0.1) is 0 Å². The van der Waals surface area contributed by atoms with Gasteiger partial charge in [0.2, 0.25) is 0 Å². The first kappa shape index (κ1) is 21.2. The van der Waals surface area contributed by atoms with Crippen LogP contribution in [0.1, 0.15) is 68.6 Å². The molecule has 2 aromatic rings. The van der Waals surface area contributed by atoms with Crippen molar-refractivity contribution in [3.63, 3.8) is 0 Å². The van der Waals surface area contributed by atoms with Crippen molar-refractivity contribution in [3.8, 4) is 5.75 Å². The van der Waals surface area contributed by atoms with Crippen LogP contribution in [0, 0.1) is 0 Å². The van der Waals surface area contributed by atoms with Gasteiger partial charge in [0.15, 0.2) is 15.6 Å². The number of Topliss-reactive ketones (excluding diaryl/α,β-unsaturated/α-hetero) is 1. The van der Waals surface area contributed by atoms with Gasteiger partial charge in [-0.2, -0.15) is 0 Å². The van der Waals surface area contributed by atoms with Crippen molar-refractivity contribution in [3.05, 3.63) is 46.6 Å². The number of nitrogens with one attached hydrogen (secondary N) is 1. The second-order valence-electron chi connectivity index (χ2n) is 9.16. The smallest absolute Gasteiger partial charge is 0.190 e. The lowest BCUT2D eigenvalue weighted by Crippen LogP contribution is -2.18. The van der Waals surface area contributed by atoms with E-state index in [1.54, 1.807) is 0 Å². The van der Waals surface area contributed by atoms with Gasteiger partial charge in [-0.1, -0.05) is 53.7 Å². The van der Waals surface area contributed by atoms with E-state index < -0.39 is 9.84 Å². The number of H-pyrrole nitrogens is 1. The fraction of sp³-hybridized carbons (Fsp3) is 0.476. The summed E-state index contributed by atoms with van der Waals surface area (Å²) in [5.41, 5.74) is 2.17. The van der Waals surface area contributed by atoms with E-state index in [4.69, 9.17) is 0 Å². The quantitative estimate of drug-likeness (QED) is 0.767. The van der Waals surface area contributed by atoms with Crippen LogP contribution < -0.4 is 0 Å². The summed E-state index contributed by atoms with van der Waals surface area (Å²) in [7, 11) is -3.39. The molecule has 0 aliphatic carbocycles. The van der Waals surface area contributed by atoms with Gasteiger partial charge in [-0.3, -0.25) is 4.79 Å². The maximum atomic E-state index is 12.7. The highest BCUT2D eigenvalue weighted by atomic mass is 32.2. The zero-order valence-electron chi connectivity index (χ0n) is 17.1. The molecular weight excluding hydrogens is 362 g/mol. The summed E-state index contributed by atoms with van der Waals surface area (Å²) in [6.07, 6.45) is 2.65. The number of phenols is 1. The van der Waals surface area contributed by atoms with Crippen molar-refractivity contribution >= 4 is 15.6 Å². The lowest BCUT2D eigenvalue weighted by Gasteiger charge is -2.28. The van der Waals surface area contributed by atoms with Gasteiger partial charge in [-0.15, -0.1) is 0 Å². The van der Waals surface area contributed by atoms with Crippen LogP contribution in [0.25, 0.3) is 0 Å². The van der Waals surface area contributed by atoms with Crippen LogP contribution in [-0.2, 0) is 27.1 Å². The molecule has 1 aromatic heterocycles. The summed E-state index contributed by atoms with van der Waals surface area (Å²) in [4.78, 5) is 15.3. The average molecular weight is 392 g/mol. The molecule has 0 amide bonds. The van der Waals surface area contributed by atoms with E-state index in [0.29, 0.717) is 5.56 Å². The molecule has 0 bridgehead atoms. The number of carbonyl (C=O) groups is 1. The van der Waals surface area contributed by atoms with Crippen LogP contribution in [0.4, 0.5) is 0 Å². The molecule has 0 spiro atoms. The fourth-order valence-corrected chi connectivity index (χ4v) is 3.59. The van der Waals surface area contributed by atoms with Gasteiger partial charge in [0, 0.05) is 24.4 Å². The Hall–Kier alpha value is -2.08. The Morgan fingerprint density at radius 3 is 1.85 bits per heavy atom. The summed E-state index contributed by atoms with van der Waals surface area (Å²) < 4.78 is 23.2. The van der Waals surface area contributed by atoms with Gasteiger partial charge in [0.1, 0.15) is 10.8 Å². The molecule has 0 radical (unpaired) electrons. The number of benzene rings is 1. The molecule has 0 saturated heterocycles. The molecule has 2 rings (SSSR count). The van der Waals surface area contributed by atoms with E-state index in [9.17, 15) is 18.3 Å². The predicted octanol–water partition coefficient (Wildman–Crippen LogP) is 4.14. The first-order chi connectivity index (χ1) is 12.1. The van der Waals surface area contributed by atoms with Crippen LogP contribution in [0.15, 0.2) is 29.4 Å². The third-order valence-corrected chi connectivity index (χ3v) is 5.56. The second-order valence-corrected chi connectivity index (χ2v) is 11.1. The molecule has 0 aliphatic rings. The third kappa shape index (κ3) is 4.80. The van der Waals surface area contributed by atoms with E-state index >= 15 is 0 Å². The molecule has 0 saturated carbocycles. The second kappa shape index (κ2) is 6.82. The number of phenolic OH excluding ortho intramolecular Hbond substituents is 1. The number of aromatic hydroxyl groups is 1. The van der Waals surface area contributed by atoms with Crippen molar-refractivity contribution in [2.75, 3.05) is 6.26 Å². The molecule has 5 nitrogen and oxygen atoms in total. The summed E-state index contributed by atoms with van der Waals surface area (Å²) in [6, 6.07) is 5.10. The van der Waals surface area contributed by atoms with Crippen LogP contribution in [0.5, 0.6) is 5.75 Å². The highest BCUT2D eigenvalue weighted by Gasteiger charge is 2.27. The van der Waals surface area contributed by atoms with Crippen molar-refractivity contribution in [1.82, 2.24) is 4.98 Å². The van der Waals surface area contributed by atoms with Gasteiger partial charge < -0.3 is 10.1 Å². The number of aromatic nitrogens is 1. The van der Waals surface area contributed by atoms with Crippen LogP contribution >= 0.6 is 0 Å². The summed E-state index contributed by atoms with van der Waals surface area (Å²) in [5, 5.41) is 10.8. The molecule has 27 heavy (non-hydrogen) atoms. The zero-order chi connectivity index (χ0) is 20.8. The van der Waals surface area contributed by atoms with Crippen LogP contribution in [-0.4, -0.2) is 30.5 Å². The highest BCUT2D eigenvalue weighted by molar-refractivity contribution is 7.90. The largest absolute Gasteiger partial charge is 0.507 e. The standard InChI is InChI=1S/C21H29NO4S/c1-20(2,3)15-8-13(9-16(19(15)24)21(4,5)6)10-17(23)14-11-18(22-12-14)27(7,25)26/h8-9,11-12,22,24H,10H2,1-7H3. The van der Waals surface area contributed by atoms with E-state index in [1.165, 1.54) is 12.3 Å². The highest BCUT2D eigenvalue weighted by Crippen LogP contribution is 2.40. The molecule has 0 atom stereocenters. The number of rotatable bonds is 4. The number of carbonyl (C=O) groups excluding carboxylic acids is 1. The number of sulfone groups is 1. The lowest BCUT2D eigenvalue weighted by atomic mass is 9.78. The monoisotopic (exact) mass is 391 g/mol. The topological polar surface area (TPSA) is 87.2 Å². The van der Waals surface area contributed by atoms with Gasteiger partial charge >= 0.3 is 0 Å². The van der Waals surface area contributed by atoms with E-state index in [2.05, 4.69) is 4.98 Å². The minimum absolute atomic E-state index is 0.0299. The zero-order valence-corrected chi connectivity index (χ0v) is 17.9. The molecule has 148 valence electrons. The normalized spacial score (nSPS) is 13.0. The first-order valence-electron chi connectivity index (χ1n) is 8.89. The van der Waals surface area contributed by atoms with Gasteiger partial charge in [-0.05, 0) is 33.6 Å². The van der Waals surface area contributed by atoms with Crippen molar-refractivity contribution in [1.29, 1.82) is 0 Å². The molecule has 1 heterocycles. The third-order valence-electron chi connectivity index (χ3n) is 4.53. The fourth-order valence-electron chi connectivity index (χ4n) is 2.98. The van der Waals surface area contributed by atoms with Gasteiger partial charge in [-0.25, -0.2) is 8.42 Å². The summed E-state index contributed by atoms with van der Waals surface area (Å²) in [5.74, 6) is 0.0961. The Kier molecular flexibility index (Phi) is 5.36. The SMILES string of the molecule is CC(C)(C)c1cc(CC(=O)c2c[nH]c(S(C)(=O)=O)c2)cc(C(C)(C)C)c1O. The Morgan fingerprint density at radius 1 is 1.00 bits per heavy atom. The number of hydrogen-bond donors (Lipinski definition) is 2. The molecule has 2 N–H and O–H groups in total. The Morgan fingerprint density at radius 2 is 1.48 bits per heavy atom. The maximum absolute atomic E-state index is 12.7. The van der Waals surface area contributed by atoms with Crippen molar-refractivity contribution in [2.24, 2.45) is 0 Å². The molecule has 1 aromatic carbocycles. The Bertz CT molecular complexity index is 935. The number of hydrogen-bond acceptors (Lipinski definition) is 4. The molecule has 6 heteroatoms. The number of aromatic amines is 1. The Balaban J connectivity index is 2.46. The van der Waals surface area contributed by atoms with E-state index in [-0.39, 0.29) is 33.8 Å². The molecular formula is C21H29NO4S. The minimum Gasteiger partial charge on any atom is -0.507 e. The predicted molar refractivity (Wildman–Crippen MR) is 107 cm³/mol. The average Bonchev–Trinajstić information content (AvgIpc) is 2.96. The van der Waals surface area contributed by atoms with Crippen LogP contribution in [0.2, 0.25) is 0 Å². The lowest BCUT2D eigenvalue weighted by molar-refractivity contribution is 0.0993. The summed E-state index contributed by atoms with van der Waals surface area (Å²) in [6.45, 7) is 12.1. The molecule has 0 aliphatic heterocycles. The van der Waals surface area contributed by atoms with Gasteiger partial charge in [0.25, 0.3) is 0 Å². The summed E-state index contributed by atoms with van der Waals surface area (Å²) >= 11 is 0. The maximum Gasteiger partial charge on any atom is 0.190 e. The van der Waals surface area contributed by atoms with E-state index in [0.717, 1.165) is 22.9 Å². The first-order valence-corrected chi connectivity index (χ1v) is 10.8. The van der Waals surface area contributed by atoms with Crippen LogP contribution in [0.3, 0.4) is 0 Å². The van der Waals surface area contributed by atoms with Crippen molar-refractivity contribution < 1.29 is 18.3 Å². The minimum atomic E-state index is -3.39. The Labute approximate surface area is 161 Å². The number of ketones is 1. The van der Waals surface area contributed by atoms with E-state index in [1.807, 2.05) is 53.7 Å². The molecule has 0 fully saturated rings. The molecule has 0 unspecified atom stereocenters.